The van der Waals surface area contributed by atoms with Crippen molar-refractivity contribution < 1.29 is 9.59 Å². The molecule has 0 saturated carbocycles. The van der Waals surface area contributed by atoms with Gasteiger partial charge in [0.25, 0.3) is 0 Å². The predicted octanol–water partition coefficient (Wildman–Crippen LogP) is 2.19. The minimum Gasteiger partial charge on any atom is -0.352 e. The number of amides is 2. The van der Waals surface area contributed by atoms with E-state index in [1.165, 1.54) is 11.1 Å². The number of piperidine rings is 1. The highest BCUT2D eigenvalue weighted by atomic mass is 16.2. The smallest absolute Gasteiger partial charge is 0.225 e. The number of carbonyl (C=O) groups is 2. The summed E-state index contributed by atoms with van der Waals surface area (Å²) in [6.07, 6.45) is 2.62. The fourth-order valence-corrected chi connectivity index (χ4v) is 3.67. The third-order valence-corrected chi connectivity index (χ3v) is 5.51. The molecule has 2 amide bonds. The molecule has 2 aliphatic heterocycles. The first-order chi connectivity index (χ1) is 12.1. The summed E-state index contributed by atoms with van der Waals surface area (Å²) in [5.74, 6) is 0.214. The first kappa shape index (κ1) is 17.9. The van der Waals surface area contributed by atoms with Crippen molar-refractivity contribution in [2.24, 2.45) is 11.8 Å². The van der Waals surface area contributed by atoms with E-state index in [9.17, 15) is 9.59 Å². The van der Waals surface area contributed by atoms with Crippen LogP contribution in [0.25, 0.3) is 0 Å². The lowest BCUT2D eigenvalue weighted by Crippen LogP contribution is -2.46. The molecule has 0 radical (unpaired) electrons. The lowest BCUT2D eigenvalue weighted by Gasteiger charge is -2.33. The molecule has 0 bridgehead atoms. The highest BCUT2D eigenvalue weighted by Gasteiger charge is 2.29. The van der Waals surface area contributed by atoms with Gasteiger partial charge in [0.15, 0.2) is 0 Å². The SMILES string of the molecule is CCC(C)C(=O)N1CCCC(C(=O)NCc2ccc3c(c2)CNC3)C1. The average Bonchev–Trinajstić information content (AvgIpc) is 3.12. The third kappa shape index (κ3) is 4.21. The minimum absolute atomic E-state index is 0.0434. The molecule has 1 aromatic carbocycles. The van der Waals surface area contributed by atoms with Crippen molar-refractivity contribution in [3.05, 3.63) is 34.9 Å². The Balaban J connectivity index is 1.53. The normalized spacial score (nSPS) is 20.9. The molecule has 3 rings (SSSR count). The zero-order valence-corrected chi connectivity index (χ0v) is 15.3. The number of benzene rings is 1. The second-order valence-electron chi connectivity index (χ2n) is 7.36. The molecule has 136 valence electrons. The van der Waals surface area contributed by atoms with Gasteiger partial charge in [-0.2, -0.15) is 0 Å². The first-order valence-corrected chi connectivity index (χ1v) is 9.46. The molecular formula is C20H29N3O2. The molecule has 2 heterocycles. The molecule has 2 atom stereocenters. The van der Waals surface area contributed by atoms with Crippen LogP contribution >= 0.6 is 0 Å². The van der Waals surface area contributed by atoms with Gasteiger partial charge < -0.3 is 15.5 Å². The topological polar surface area (TPSA) is 61.4 Å². The van der Waals surface area contributed by atoms with Gasteiger partial charge in [-0.05, 0) is 36.0 Å². The van der Waals surface area contributed by atoms with Gasteiger partial charge in [0.05, 0.1) is 5.92 Å². The quantitative estimate of drug-likeness (QED) is 0.861. The Kier molecular flexibility index (Phi) is 5.74. The van der Waals surface area contributed by atoms with Crippen LogP contribution < -0.4 is 10.6 Å². The maximum atomic E-state index is 12.6. The van der Waals surface area contributed by atoms with E-state index in [0.717, 1.165) is 44.5 Å². The molecule has 2 unspecified atom stereocenters. The summed E-state index contributed by atoms with van der Waals surface area (Å²) < 4.78 is 0. The van der Waals surface area contributed by atoms with Crippen molar-refractivity contribution in [3.8, 4) is 0 Å². The van der Waals surface area contributed by atoms with Crippen LogP contribution in [0.2, 0.25) is 0 Å². The van der Waals surface area contributed by atoms with Crippen LogP contribution in [0.5, 0.6) is 0 Å². The number of rotatable bonds is 5. The summed E-state index contributed by atoms with van der Waals surface area (Å²) >= 11 is 0. The summed E-state index contributed by atoms with van der Waals surface area (Å²) in [6.45, 7) is 7.74. The Hall–Kier alpha value is -1.88. The van der Waals surface area contributed by atoms with E-state index in [1.54, 1.807) is 0 Å². The number of hydrogen-bond donors (Lipinski definition) is 2. The molecule has 2 N–H and O–H groups in total. The lowest BCUT2D eigenvalue weighted by atomic mass is 9.95. The van der Waals surface area contributed by atoms with Crippen LogP contribution in [0.15, 0.2) is 18.2 Å². The van der Waals surface area contributed by atoms with E-state index in [4.69, 9.17) is 0 Å². The number of nitrogens with one attached hydrogen (secondary N) is 2. The van der Waals surface area contributed by atoms with Crippen molar-refractivity contribution in [2.75, 3.05) is 13.1 Å². The molecule has 5 heteroatoms. The lowest BCUT2D eigenvalue weighted by molar-refractivity contribution is -0.139. The first-order valence-electron chi connectivity index (χ1n) is 9.46. The fourth-order valence-electron chi connectivity index (χ4n) is 3.67. The third-order valence-electron chi connectivity index (χ3n) is 5.51. The highest BCUT2D eigenvalue weighted by molar-refractivity contribution is 5.82. The van der Waals surface area contributed by atoms with E-state index in [-0.39, 0.29) is 23.7 Å². The second kappa shape index (κ2) is 8.00. The van der Waals surface area contributed by atoms with E-state index < -0.39 is 0 Å². The molecule has 5 nitrogen and oxygen atoms in total. The van der Waals surface area contributed by atoms with Gasteiger partial charge in [-0.3, -0.25) is 9.59 Å². The van der Waals surface area contributed by atoms with Crippen LogP contribution in [-0.2, 0) is 29.2 Å². The van der Waals surface area contributed by atoms with Gasteiger partial charge in [0.2, 0.25) is 11.8 Å². The predicted molar refractivity (Wildman–Crippen MR) is 97.6 cm³/mol. The summed E-state index contributed by atoms with van der Waals surface area (Å²) in [4.78, 5) is 26.8. The van der Waals surface area contributed by atoms with Gasteiger partial charge in [-0.25, -0.2) is 0 Å². The van der Waals surface area contributed by atoms with Crippen LogP contribution in [-0.4, -0.2) is 29.8 Å². The van der Waals surface area contributed by atoms with Gasteiger partial charge >= 0.3 is 0 Å². The fraction of sp³-hybridized carbons (Fsp3) is 0.600. The number of likely N-dealkylation sites (tertiary alicyclic amines) is 1. The van der Waals surface area contributed by atoms with Crippen molar-refractivity contribution in [3.63, 3.8) is 0 Å². The summed E-state index contributed by atoms with van der Waals surface area (Å²) in [6, 6.07) is 6.41. The standard InChI is InChI=1S/C20H29N3O2/c1-3-14(2)20(25)23-8-4-5-17(13-23)19(24)22-10-15-6-7-16-11-21-12-18(16)9-15/h6-7,9,14,17,21H,3-5,8,10-13H2,1-2H3,(H,22,24). The monoisotopic (exact) mass is 343 g/mol. The Labute approximate surface area is 150 Å². The zero-order chi connectivity index (χ0) is 17.8. The van der Waals surface area contributed by atoms with Crippen molar-refractivity contribution >= 4 is 11.8 Å². The molecule has 1 fully saturated rings. The van der Waals surface area contributed by atoms with Crippen LogP contribution in [0.3, 0.4) is 0 Å². The molecule has 0 aromatic heterocycles. The van der Waals surface area contributed by atoms with Crippen molar-refractivity contribution in [1.82, 2.24) is 15.5 Å². The maximum Gasteiger partial charge on any atom is 0.225 e. The molecule has 25 heavy (non-hydrogen) atoms. The zero-order valence-electron chi connectivity index (χ0n) is 15.3. The molecular weight excluding hydrogens is 314 g/mol. The van der Waals surface area contributed by atoms with Crippen LogP contribution in [0, 0.1) is 11.8 Å². The largest absolute Gasteiger partial charge is 0.352 e. The van der Waals surface area contributed by atoms with Gasteiger partial charge in [-0.1, -0.05) is 32.0 Å². The van der Waals surface area contributed by atoms with Gasteiger partial charge in [0.1, 0.15) is 0 Å². The molecule has 1 saturated heterocycles. The van der Waals surface area contributed by atoms with E-state index in [0.29, 0.717) is 13.1 Å². The number of fused-ring (bicyclic) bond motifs is 1. The summed E-state index contributed by atoms with van der Waals surface area (Å²) in [7, 11) is 0. The van der Waals surface area contributed by atoms with E-state index in [2.05, 4.69) is 28.8 Å². The van der Waals surface area contributed by atoms with Crippen LogP contribution in [0.1, 0.15) is 49.8 Å². The molecule has 0 aliphatic carbocycles. The van der Waals surface area contributed by atoms with Crippen molar-refractivity contribution in [2.45, 2.75) is 52.7 Å². The molecule has 0 spiro atoms. The average molecular weight is 343 g/mol. The Morgan fingerprint density at radius 3 is 2.92 bits per heavy atom. The summed E-state index contributed by atoms with van der Waals surface area (Å²) in [5.41, 5.74) is 3.82. The Bertz CT molecular complexity index is 644. The van der Waals surface area contributed by atoms with Crippen molar-refractivity contribution in [1.29, 1.82) is 0 Å². The number of nitrogens with zero attached hydrogens (tertiary/aromatic N) is 1. The maximum absolute atomic E-state index is 12.6. The Morgan fingerprint density at radius 2 is 2.12 bits per heavy atom. The number of hydrogen-bond acceptors (Lipinski definition) is 3. The number of carbonyl (C=O) groups excluding carboxylic acids is 2. The van der Waals surface area contributed by atoms with Gasteiger partial charge in [-0.15, -0.1) is 0 Å². The minimum atomic E-state index is -0.0853. The van der Waals surface area contributed by atoms with Crippen LogP contribution in [0.4, 0.5) is 0 Å². The Morgan fingerprint density at radius 1 is 1.32 bits per heavy atom. The second-order valence-corrected chi connectivity index (χ2v) is 7.36. The molecule has 2 aliphatic rings. The molecule has 1 aromatic rings. The highest BCUT2D eigenvalue weighted by Crippen LogP contribution is 2.20. The van der Waals surface area contributed by atoms with Gasteiger partial charge in [0, 0.05) is 38.6 Å². The van der Waals surface area contributed by atoms with E-state index in [1.807, 2.05) is 18.7 Å². The van der Waals surface area contributed by atoms with E-state index >= 15 is 0 Å². The summed E-state index contributed by atoms with van der Waals surface area (Å²) in [5, 5.41) is 6.40.